The molecular weight excluding hydrogens is 252 g/mol. The summed E-state index contributed by atoms with van der Waals surface area (Å²) in [6.07, 6.45) is -0.752. The van der Waals surface area contributed by atoms with E-state index in [0.29, 0.717) is 5.75 Å². The molecule has 1 heterocycles. The van der Waals surface area contributed by atoms with E-state index in [0.717, 1.165) is 11.3 Å². The zero-order valence-corrected chi connectivity index (χ0v) is 10.3. The van der Waals surface area contributed by atoms with E-state index in [9.17, 15) is 5.11 Å². The van der Waals surface area contributed by atoms with Crippen molar-refractivity contribution in [3.63, 3.8) is 0 Å². The third-order valence-corrected chi connectivity index (χ3v) is 2.78. The fourth-order valence-electron chi connectivity index (χ4n) is 1.37. The Bertz CT molecular complexity index is 486. The molecule has 7 heteroatoms. The molecule has 94 valence electrons. The number of aliphatic hydroxyl groups excluding tert-OH is 1. The lowest BCUT2D eigenvalue weighted by Crippen LogP contribution is -2.67. The van der Waals surface area contributed by atoms with Crippen LogP contribution in [0.2, 0.25) is 0 Å². The highest BCUT2D eigenvalue weighted by molar-refractivity contribution is 7.03. The number of aromatic nitrogens is 2. The van der Waals surface area contributed by atoms with Gasteiger partial charge in [0, 0.05) is 10.9 Å². The second kappa shape index (κ2) is 6.18. The van der Waals surface area contributed by atoms with E-state index in [1.165, 1.54) is 11.5 Å². The molecule has 2 N–H and O–H groups in total. The molecule has 0 unspecified atom stereocenters. The standard InChI is InChI=1S/C11H12N4O2S/c12-13-5-9(16)6-17-10-3-1-8(2-4-10)11-7-18-15-14-11/h1-4,7,9,13,16H,5-6H2/t9-/m1/s1. The Morgan fingerprint density at radius 2 is 2.17 bits per heavy atom. The molecular formula is C11H12N4O2S. The third kappa shape index (κ3) is 3.31. The van der Waals surface area contributed by atoms with Gasteiger partial charge in [-0.3, -0.25) is 0 Å². The first-order valence-electron chi connectivity index (χ1n) is 5.35. The minimum Gasteiger partial charge on any atom is -0.508 e. The predicted octanol–water partition coefficient (Wildman–Crippen LogP) is 0.0470. The SMILES string of the molecule is [N-]=[NH+]C[C@@H](O)COc1ccc(-c2csnn2)cc1. The fraction of sp³-hybridized carbons (Fsp3) is 0.273. The molecule has 1 aromatic carbocycles. The number of benzene rings is 1. The van der Waals surface area contributed by atoms with Gasteiger partial charge >= 0.3 is 0 Å². The number of hydrogen-bond acceptors (Lipinski definition) is 5. The Hall–Kier alpha value is -1.86. The van der Waals surface area contributed by atoms with Crippen LogP contribution < -0.4 is 9.85 Å². The number of rotatable bonds is 6. The van der Waals surface area contributed by atoms with Gasteiger partial charge in [0.1, 0.15) is 24.2 Å². The van der Waals surface area contributed by atoms with Crippen molar-refractivity contribution in [1.29, 1.82) is 0 Å². The average molecular weight is 264 g/mol. The van der Waals surface area contributed by atoms with Gasteiger partial charge in [-0.15, -0.1) is 5.10 Å². The second-order valence-electron chi connectivity index (χ2n) is 3.64. The van der Waals surface area contributed by atoms with Crippen molar-refractivity contribution < 1.29 is 15.0 Å². The first-order valence-corrected chi connectivity index (χ1v) is 6.18. The molecule has 0 saturated carbocycles. The van der Waals surface area contributed by atoms with Crippen LogP contribution in [-0.2, 0) is 0 Å². The van der Waals surface area contributed by atoms with Gasteiger partial charge in [0.15, 0.2) is 6.54 Å². The van der Waals surface area contributed by atoms with Gasteiger partial charge in [0.2, 0.25) is 0 Å². The van der Waals surface area contributed by atoms with Crippen molar-refractivity contribution >= 4 is 11.5 Å². The Labute approximate surface area is 108 Å². The van der Waals surface area contributed by atoms with Gasteiger partial charge in [-0.2, -0.15) is 0 Å². The highest BCUT2D eigenvalue weighted by Crippen LogP contribution is 2.21. The van der Waals surface area contributed by atoms with Gasteiger partial charge < -0.3 is 20.5 Å². The molecule has 0 saturated heterocycles. The Morgan fingerprint density at radius 3 is 2.78 bits per heavy atom. The van der Waals surface area contributed by atoms with E-state index in [-0.39, 0.29) is 13.2 Å². The summed E-state index contributed by atoms with van der Waals surface area (Å²) in [7, 11) is 0. The fourth-order valence-corrected chi connectivity index (χ4v) is 1.83. The largest absolute Gasteiger partial charge is 0.508 e. The summed E-state index contributed by atoms with van der Waals surface area (Å²) < 4.78 is 9.16. The first-order chi connectivity index (χ1) is 8.79. The summed E-state index contributed by atoms with van der Waals surface area (Å²) in [5, 5.41) is 17.1. The van der Waals surface area contributed by atoms with Crippen LogP contribution in [0.5, 0.6) is 5.75 Å². The van der Waals surface area contributed by atoms with Crippen LogP contribution in [0, 0.1) is 0 Å². The maximum Gasteiger partial charge on any atom is 0.158 e. The molecule has 1 aromatic heterocycles. The van der Waals surface area contributed by atoms with Crippen LogP contribution in [0.3, 0.4) is 0 Å². The molecule has 0 aliphatic carbocycles. The Kier molecular flexibility index (Phi) is 4.32. The van der Waals surface area contributed by atoms with Crippen LogP contribution in [0.15, 0.2) is 29.6 Å². The molecule has 0 amide bonds. The van der Waals surface area contributed by atoms with Gasteiger partial charge in [-0.05, 0) is 35.8 Å². The van der Waals surface area contributed by atoms with Crippen molar-refractivity contribution in [3.8, 4) is 17.0 Å². The van der Waals surface area contributed by atoms with Gasteiger partial charge in [-0.1, -0.05) is 4.49 Å². The molecule has 0 spiro atoms. The van der Waals surface area contributed by atoms with E-state index in [1.807, 2.05) is 22.6 Å². The topological polar surface area (TPSA) is 91.5 Å². The maximum atomic E-state index is 9.35. The molecule has 0 radical (unpaired) electrons. The lowest BCUT2D eigenvalue weighted by atomic mass is 10.2. The van der Waals surface area contributed by atoms with Crippen LogP contribution in [0.1, 0.15) is 0 Å². The smallest absolute Gasteiger partial charge is 0.158 e. The monoisotopic (exact) mass is 264 g/mol. The van der Waals surface area contributed by atoms with Crippen LogP contribution >= 0.6 is 11.5 Å². The van der Waals surface area contributed by atoms with Crippen LogP contribution in [-0.4, -0.2) is 33.9 Å². The third-order valence-electron chi connectivity index (χ3n) is 2.28. The van der Waals surface area contributed by atoms with Gasteiger partial charge in [0.05, 0.1) is 0 Å². The predicted molar refractivity (Wildman–Crippen MR) is 66.0 cm³/mol. The van der Waals surface area contributed by atoms with E-state index in [2.05, 4.69) is 9.59 Å². The van der Waals surface area contributed by atoms with E-state index < -0.39 is 6.10 Å². The van der Waals surface area contributed by atoms with Crippen LogP contribution in [0.25, 0.3) is 16.8 Å². The van der Waals surface area contributed by atoms with E-state index in [1.54, 1.807) is 12.1 Å². The minimum absolute atomic E-state index is 0.0720. The summed E-state index contributed by atoms with van der Waals surface area (Å²) in [5.74, 6) is 0.652. The summed E-state index contributed by atoms with van der Waals surface area (Å²) in [6.45, 7) is 0.188. The quantitative estimate of drug-likeness (QED) is 0.721. The van der Waals surface area contributed by atoms with Gasteiger partial charge in [0.25, 0.3) is 0 Å². The molecule has 6 nitrogen and oxygen atoms in total. The lowest BCUT2D eigenvalue weighted by Gasteiger charge is -2.09. The number of nitrogens with one attached hydrogen (secondary N) is 1. The molecule has 2 aromatic rings. The molecule has 0 bridgehead atoms. The first kappa shape index (κ1) is 12.6. The zero-order valence-electron chi connectivity index (χ0n) is 9.48. The Balaban J connectivity index is 1.94. The minimum atomic E-state index is -0.752. The zero-order chi connectivity index (χ0) is 12.8. The van der Waals surface area contributed by atoms with Crippen LogP contribution in [0.4, 0.5) is 0 Å². The van der Waals surface area contributed by atoms with Crippen molar-refractivity contribution in [2.45, 2.75) is 6.10 Å². The van der Waals surface area contributed by atoms with Crippen molar-refractivity contribution in [2.24, 2.45) is 0 Å². The summed E-state index contributed by atoms with van der Waals surface area (Å²) in [6, 6.07) is 7.35. The molecule has 0 aliphatic rings. The van der Waals surface area contributed by atoms with Gasteiger partial charge in [-0.25, -0.2) is 0 Å². The highest BCUT2D eigenvalue weighted by atomic mass is 32.1. The summed E-state index contributed by atoms with van der Waals surface area (Å²) >= 11 is 1.30. The van der Waals surface area contributed by atoms with Crippen molar-refractivity contribution in [1.82, 2.24) is 9.59 Å². The number of ether oxygens (including phenoxy) is 1. The second-order valence-corrected chi connectivity index (χ2v) is 4.25. The highest BCUT2D eigenvalue weighted by Gasteiger charge is 2.06. The van der Waals surface area contributed by atoms with Crippen molar-refractivity contribution in [2.75, 3.05) is 13.2 Å². The Morgan fingerprint density at radius 1 is 1.39 bits per heavy atom. The molecule has 18 heavy (non-hydrogen) atoms. The van der Waals surface area contributed by atoms with E-state index in [4.69, 9.17) is 10.3 Å². The normalized spacial score (nSPS) is 12.1. The number of nitrogens with zero attached hydrogens (tertiary/aromatic N) is 3. The average Bonchev–Trinajstić information content (AvgIpc) is 2.91. The van der Waals surface area contributed by atoms with Crippen molar-refractivity contribution in [3.05, 3.63) is 35.2 Å². The number of aliphatic hydroxyl groups is 1. The maximum absolute atomic E-state index is 9.35. The molecule has 0 fully saturated rings. The molecule has 2 rings (SSSR count). The molecule has 0 aliphatic heterocycles. The summed E-state index contributed by atoms with van der Waals surface area (Å²) in [5.41, 5.74) is 10.2. The lowest BCUT2D eigenvalue weighted by molar-refractivity contribution is -0.492. The summed E-state index contributed by atoms with van der Waals surface area (Å²) in [4.78, 5) is 0. The number of hydrogen-bond donors (Lipinski definition) is 2. The molecule has 1 atom stereocenters. The van der Waals surface area contributed by atoms with E-state index >= 15 is 0 Å².